The number of nitriles is 1. The predicted molar refractivity (Wildman–Crippen MR) is 111 cm³/mol. The van der Waals surface area contributed by atoms with E-state index in [-0.39, 0.29) is 38.9 Å². The minimum atomic E-state index is -3.90. The van der Waals surface area contributed by atoms with Gasteiger partial charge < -0.3 is 5.32 Å². The van der Waals surface area contributed by atoms with Crippen molar-refractivity contribution >= 4 is 33.0 Å². The molecule has 2 aromatic carbocycles. The molecule has 0 spiro atoms. The summed E-state index contributed by atoms with van der Waals surface area (Å²) in [5, 5.41) is 10.8. The third-order valence-electron chi connectivity index (χ3n) is 6.29. The molecule has 2 aliphatic carbocycles. The highest BCUT2D eigenvalue weighted by atomic mass is 35.5. The number of carbonyl (C=O) groups excluding carboxylic acids is 1. The second-order valence-corrected chi connectivity index (χ2v) is 10.7. The summed E-state index contributed by atoms with van der Waals surface area (Å²) in [5.74, 6) is -5.90. The zero-order valence-electron chi connectivity index (χ0n) is 16.6. The van der Waals surface area contributed by atoms with E-state index in [2.05, 4.69) is 11.4 Å². The second-order valence-electron chi connectivity index (χ2n) is 8.26. The molecule has 32 heavy (non-hydrogen) atoms. The lowest BCUT2D eigenvalue weighted by molar-refractivity contribution is 0.102. The van der Waals surface area contributed by atoms with E-state index in [4.69, 9.17) is 11.6 Å². The molecule has 4 atom stereocenters. The number of carbonyl (C=O) groups is 1. The average Bonchev–Trinajstić information content (AvgIpc) is 3.03. The van der Waals surface area contributed by atoms with Crippen molar-refractivity contribution in [1.29, 1.82) is 5.26 Å². The predicted octanol–water partition coefficient (Wildman–Crippen LogP) is 5.11. The fourth-order valence-electron chi connectivity index (χ4n) is 4.92. The molecular weight excluding hydrogens is 465 g/mol. The minimum absolute atomic E-state index is 0.0396. The Balaban J connectivity index is 1.63. The fraction of sp³-hybridized carbons (Fsp3) is 0.364. The fourth-order valence-corrected chi connectivity index (χ4v) is 7.80. The van der Waals surface area contributed by atoms with E-state index in [0.717, 1.165) is 6.07 Å². The molecule has 2 aliphatic rings. The van der Waals surface area contributed by atoms with Crippen molar-refractivity contribution in [2.75, 3.05) is 5.32 Å². The van der Waals surface area contributed by atoms with E-state index in [0.29, 0.717) is 37.8 Å². The number of anilines is 1. The number of nitrogens with one attached hydrogen (secondary N) is 1. The third-order valence-corrected chi connectivity index (χ3v) is 9.17. The Labute approximate surface area is 188 Å². The van der Waals surface area contributed by atoms with Gasteiger partial charge in [-0.1, -0.05) is 11.6 Å². The summed E-state index contributed by atoms with van der Waals surface area (Å²) < 4.78 is 66.9. The van der Waals surface area contributed by atoms with Crippen LogP contribution in [0.4, 0.5) is 18.9 Å². The Bertz CT molecular complexity index is 1210. The maximum atomic E-state index is 13.5. The number of benzene rings is 2. The van der Waals surface area contributed by atoms with E-state index >= 15 is 0 Å². The summed E-state index contributed by atoms with van der Waals surface area (Å²) in [6.07, 6.45) is 2.45. The van der Waals surface area contributed by atoms with Crippen LogP contribution in [0, 0.1) is 46.5 Å². The zero-order valence-corrected chi connectivity index (χ0v) is 18.2. The molecule has 0 heterocycles. The summed E-state index contributed by atoms with van der Waals surface area (Å²) in [7, 11) is -3.90. The number of hydrogen-bond acceptors (Lipinski definition) is 4. The molecule has 0 radical (unpaired) electrons. The Morgan fingerprint density at radius 1 is 1.06 bits per heavy atom. The van der Waals surface area contributed by atoms with Crippen LogP contribution in [0.5, 0.6) is 0 Å². The molecule has 0 aliphatic heterocycles. The molecule has 2 saturated carbocycles. The number of rotatable bonds is 4. The zero-order chi connectivity index (χ0) is 23.2. The van der Waals surface area contributed by atoms with Crippen LogP contribution in [0.3, 0.4) is 0 Å². The first-order valence-electron chi connectivity index (χ1n) is 10.0. The lowest BCUT2D eigenvalue weighted by atomic mass is 9.81. The summed E-state index contributed by atoms with van der Waals surface area (Å²) >= 11 is 6.19. The number of nitrogens with zero attached hydrogens (tertiary/aromatic N) is 1. The van der Waals surface area contributed by atoms with Crippen LogP contribution >= 0.6 is 11.6 Å². The highest BCUT2D eigenvalue weighted by Gasteiger charge is 2.50. The number of fused-ring (bicyclic) bond motifs is 2. The van der Waals surface area contributed by atoms with Gasteiger partial charge in [0.05, 0.1) is 21.2 Å². The molecule has 2 fully saturated rings. The van der Waals surface area contributed by atoms with E-state index < -0.39 is 38.4 Å². The molecular formula is C22H18ClF3N2O3S. The Hall–Kier alpha value is -2.57. The van der Waals surface area contributed by atoms with Gasteiger partial charge in [-0.25, -0.2) is 21.6 Å². The van der Waals surface area contributed by atoms with Crippen LogP contribution in [-0.2, 0) is 9.84 Å². The molecule has 4 rings (SSSR count). The van der Waals surface area contributed by atoms with Crippen molar-refractivity contribution in [1.82, 2.24) is 0 Å². The lowest BCUT2D eigenvalue weighted by Crippen LogP contribution is -2.37. The Morgan fingerprint density at radius 3 is 2.22 bits per heavy atom. The number of halogens is 4. The van der Waals surface area contributed by atoms with Crippen molar-refractivity contribution in [3.05, 3.63) is 58.4 Å². The summed E-state index contributed by atoms with van der Waals surface area (Å²) in [6.45, 7) is 0. The maximum absolute atomic E-state index is 13.5. The van der Waals surface area contributed by atoms with Crippen LogP contribution in [0.25, 0.3) is 0 Å². The molecule has 2 aromatic rings. The van der Waals surface area contributed by atoms with E-state index in [1.165, 1.54) is 12.1 Å². The van der Waals surface area contributed by atoms with Gasteiger partial charge in [0.1, 0.15) is 0 Å². The molecule has 168 valence electrons. The van der Waals surface area contributed by atoms with Gasteiger partial charge in [-0.2, -0.15) is 5.26 Å². The van der Waals surface area contributed by atoms with Gasteiger partial charge in [-0.15, -0.1) is 0 Å². The quantitative estimate of drug-likeness (QED) is 0.613. The first-order chi connectivity index (χ1) is 15.1. The SMILES string of the molecule is N#CC1CC2CC[C@@H](C1)C2S(=O)(=O)c1cc(C(=O)Nc2cc(F)c(F)c(F)c2)ccc1Cl. The summed E-state index contributed by atoms with van der Waals surface area (Å²) in [6, 6.07) is 7.18. The van der Waals surface area contributed by atoms with Crippen molar-refractivity contribution in [2.24, 2.45) is 17.8 Å². The van der Waals surface area contributed by atoms with Crippen LogP contribution in [-0.4, -0.2) is 19.6 Å². The minimum Gasteiger partial charge on any atom is -0.322 e. The Morgan fingerprint density at radius 2 is 1.66 bits per heavy atom. The average molecular weight is 483 g/mol. The van der Waals surface area contributed by atoms with Gasteiger partial charge in [0.15, 0.2) is 27.3 Å². The highest BCUT2D eigenvalue weighted by molar-refractivity contribution is 7.92. The number of sulfone groups is 1. The van der Waals surface area contributed by atoms with E-state index in [1.807, 2.05) is 0 Å². The van der Waals surface area contributed by atoms with Crippen molar-refractivity contribution in [3.8, 4) is 6.07 Å². The first kappa shape index (κ1) is 22.6. The number of hydrogen-bond donors (Lipinski definition) is 1. The summed E-state index contributed by atoms with van der Waals surface area (Å²) in [5.41, 5.74) is -0.408. The molecule has 5 nitrogen and oxygen atoms in total. The lowest BCUT2D eigenvalue weighted by Gasteiger charge is -2.32. The monoisotopic (exact) mass is 482 g/mol. The van der Waals surface area contributed by atoms with Gasteiger partial charge in [-0.05, 0) is 55.7 Å². The van der Waals surface area contributed by atoms with Crippen LogP contribution in [0.1, 0.15) is 36.0 Å². The molecule has 1 N–H and O–H groups in total. The normalized spacial score (nSPS) is 24.7. The van der Waals surface area contributed by atoms with E-state index in [9.17, 15) is 31.6 Å². The summed E-state index contributed by atoms with van der Waals surface area (Å²) in [4.78, 5) is 12.4. The Kier molecular flexibility index (Phi) is 5.94. The molecule has 10 heteroatoms. The van der Waals surface area contributed by atoms with Crippen LogP contribution in [0.2, 0.25) is 5.02 Å². The largest absolute Gasteiger partial charge is 0.322 e. The van der Waals surface area contributed by atoms with Gasteiger partial charge in [-0.3, -0.25) is 4.79 Å². The van der Waals surface area contributed by atoms with Gasteiger partial charge in [0, 0.05) is 29.3 Å². The first-order valence-corrected chi connectivity index (χ1v) is 11.9. The van der Waals surface area contributed by atoms with Gasteiger partial charge in [0.25, 0.3) is 5.91 Å². The molecule has 2 bridgehead atoms. The third kappa shape index (κ3) is 3.97. The van der Waals surface area contributed by atoms with Crippen molar-refractivity contribution < 1.29 is 26.4 Å². The molecule has 3 unspecified atom stereocenters. The van der Waals surface area contributed by atoms with Crippen LogP contribution in [0.15, 0.2) is 35.2 Å². The van der Waals surface area contributed by atoms with Crippen LogP contribution < -0.4 is 5.32 Å². The highest BCUT2D eigenvalue weighted by Crippen LogP contribution is 2.50. The number of amides is 1. The topological polar surface area (TPSA) is 87.0 Å². The second kappa shape index (κ2) is 8.41. The van der Waals surface area contributed by atoms with E-state index in [1.54, 1.807) is 0 Å². The maximum Gasteiger partial charge on any atom is 0.255 e. The molecule has 1 amide bonds. The standard InChI is InChI=1S/C22H18ClF3N2O3S/c23-16-4-3-14(22(29)28-15-8-17(24)20(26)18(25)9-15)7-19(16)32(30,31)21-12-1-2-13(21)6-11(5-12)10-27/h3-4,7-9,11-13,21H,1-2,5-6H2,(H,28,29)/t11?,12-,13?,21?/m0/s1. The van der Waals surface area contributed by atoms with Crippen molar-refractivity contribution in [2.45, 2.75) is 35.8 Å². The van der Waals surface area contributed by atoms with Gasteiger partial charge in [0.2, 0.25) is 0 Å². The van der Waals surface area contributed by atoms with Crippen molar-refractivity contribution in [3.63, 3.8) is 0 Å². The molecule has 0 saturated heterocycles. The van der Waals surface area contributed by atoms with Gasteiger partial charge >= 0.3 is 0 Å². The smallest absolute Gasteiger partial charge is 0.255 e. The molecule has 0 aromatic heterocycles.